The zero-order valence-corrected chi connectivity index (χ0v) is 9.66. The van der Waals surface area contributed by atoms with Crippen LogP contribution in [0, 0.1) is 0 Å². The summed E-state index contributed by atoms with van der Waals surface area (Å²) < 4.78 is 0. The molecule has 0 radical (unpaired) electrons. The first-order chi connectivity index (χ1) is 7.09. The number of hydrogen-bond donors (Lipinski definition) is 1. The van der Waals surface area contributed by atoms with Crippen LogP contribution < -0.4 is 0 Å². The maximum Gasteiger partial charge on any atom is 0.0653 e. The molecule has 1 N–H and O–H groups in total. The number of hydrogen-bond acceptors (Lipinski definition) is 1. The fourth-order valence-corrected chi connectivity index (χ4v) is 1.88. The highest BCUT2D eigenvalue weighted by Gasteiger charge is 2.39. The van der Waals surface area contributed by atoms with Gasteiger partial charge >= 0.3 is 0 Å². The molecule has 2 rings (SSSR count). The van der Waals surface area contributed by atoms with Crippen LogP contribution in [0.15, 0.2) is 24.3 Å². The highest BCUT2D eigenvalue weighted by molar-refractivity contribution is 5.26. The number of aryl methyl sites for hydroxylation is 1. The molecular weight excluding hydrogens is 184 g/mol. The predicted octanol–water partition coefficient (Wildman–Crippen LogP) is 3.27. The first kappa shape index (κ1) is 10.7. The molecule has 1 aromatic rings. The largest absolute Gasteiger partial charge is 0.390 e. The van der Waals surface area contributed by atoms with E-state index in [9.17, 15) is 5.11 Å². The van der Waals surface area contributed by atoms with Gasteiger partial charge < -0.3 is 5.11 Å². The number of rotatable bonds is 4. The van der Waals surface area contributed by atoms with Gasteiger partial charge in [0.15, 0.2) is 0 Å². The molecule has 1 fully saturated rings. The molecule has 1 aliphatic rings. The molecule has 1 aromatic carbocycles. The van der Waals surface area contributed by atoms with Crippen LogP contribution in [0.5, 0.6) is 0 Å². The summed E-state index contributed by atoms with van der Waals surface area (Å²) >= 11 is 0. The Balaban J connectivity index is 1.98. The average molecular weight is 204 g/mol. The minimum Gasteiger partial charge on any atom is -0.390 e. The summed E-state index contributed by atoms with van der Waals surface area (Å²) in [7, 11) is 0. The molecule has 0 bridgehead atoms. The maximum absolute atomic E-state index is 9.77. The molecular formula is C14H20O. The molecule has 0 amide bonds. The first-order valence-electron chi connectivity index (χ1n) is 5.90. The zero-order chi connectivity index (χ0) is 10.9. The molecule has 1 nitrogen and oxygen atoms in total. The highest BCUT2D eigenvalue weighted by atomic mass is 16.3. The van der Waals surface area contributed by atoms with Gasteiger partial charge in [0.05, 0.1) is 5.60 Å². The summed E-state index contributed by atoms with van der Waals surface area (Å²) in [6.45, 7) is 4.43. The van der Waals surface area contributed by atoms with E-state index in [4.69, 9.17) is 0 Å². The van der Waals surface area contributed by atoms with Crippen molar-refractivity contribution in [2.75, 3.05) is 0 Å². The van der Waals surface area contributed by atoms with Gasteiger partial charge in [0.1, 0.15) is 0 Å². The van der Waals surface area contributed by atoms with Crippen LogP contribution >= 0.6 is 0 Å². The summed E-state index contributed by atoms with van der Waals surface area (Å²) in [5.41, 5.74) is 2.45. The van der Waals surface area contributed by atoms with Gasteiger partial charge in [0, 0.05) is 0 Å². The van der Waals surface area contributed by atoms with E-state index in [1.807, 2.05) is 0 Å². The Morgan fingerprint density at radius 1 is 1.33 bits per heavy atom. The Morgan fingerprint density at radius 3 is 2.67 bits per heavy atom. The van der Waals surface area contributed by atoms with Crippen molar-refractivity contribution in [2.45, 2.75) is 51.0 Å². The second kappa shape index (κ2) is 3.97. The molecule has 0 aromatic heterocycles. The van der Waals surface area contributed by atoms with E-state index in [0.717, 1.165) is 25.7 Å². The predicted molar refractivity (Wildman–Crippen MR) is 63.0 cm³/mol. The van der Waals surface area contributed by atoms with Gasteiger partial charge in [0.2, 0.25) is 0 Å². The lowest BCUT2D eigenvalue weighted by molar-refractivity contribution is 0.140. The molecule has 0 unspecified atom stereocenters. The molecule has 0 saturated heterocycles. The van der Waals surface area contributed by atoms with E-state index in [2.05, 4.69) is 38.1 Å². The third-order valence-electron chi connectivity index (χ3n) is 3.32. The lowest BCUT2D eigenvalue weighted by Crippen LogP contribution is -2.07. The lowest BCUT2D eigenvalue weighted by Gasteiger charge is -2.10. The van der Waals surface area contributed by atoms with Crippen LogP contribution in [0.1, 0.15) is 50.2 Å². The van der Waals surface area contributed by atoms with Crippen molar-refractivity contribution in [1.82, 2.24) is 0 Å². The summed E-state index contributed by atoms with van der Waals surface area (Å²) in [5.74, 6) is 0.592. The summed E-state index contributed by atoms with van der Waals surface area (Å²) in [5, 5.41) is 9.77. The van der Waals surface area contributed by atoms with E-state index in [0.29, 0.717) is 5.92 Å². The van der Waals surface area contributed by atoms with Crippen LogP contribution in [0.2, 0.25) is 0 Å². The van der Waals surface area contributed by atoms with E-state index >= 15 is 0 Å². The normalized spacial score (nSPS) is 18.1. The Hall–Kier alpha value is -0.820. The van der Waals surface area contributed by atoms with Crippen LogP contribution in [-0.4, -0.2) is 10.7 Å². The molecule has 15 heavy (non-hydrogen) atoms. The van der Waals surface area contributed by atoms with Gasteiger partial charge in [-0.15, -0.1) is 0 Å². The second-order valence-electron chi connectivity index (χ2n) is 5.12. The Morgan fingerprint density at radius 2 is 2.07 bits per heavy atom. The van der Waals surface area contributed by atoms with Gasteiger partial charge in [-0.1, -0.05) is 38.1 Å². The number of benzene rings is 1. The Bertz CT molecular complexity index is 337. The highest BCUT2D eigenvalue weighted by Crippen LogP contribution is 2.39. The van der Waals surface area contributed by atoms with Crippen molar-refractivity contribution < 1.29 is 5.11 Å². The van der Waals surface area contributed by atoms with E-state index in [1.54, 1.807) is 0 Å². The SMILES string of the molecule is CC(C)c1cccc(CCC2(O)CC2)c1. The molecule has 1 heteroatoms. The van der Waals surface area contributed by atoms with Crippen LogP contribution in [0.4, 0.5) is 0 Å². The summed E-state index contributed by atoms with van der Waals surface area (Å²) in [6.07, 6.45) is 3.93. The van der Waals surface area contributed by atoms with E-state index in [1.165, 1.54) is 11.1 Å². The van der Waals surface area contributed by atoms with Crippen LogP contribution in [-0.2, 0) is 6.42 Å². The van der Waals surface area contributed by atoms with Crippen molar-refractivity contribution in [2.24, 2.45) is 0 Å². The minimum atomic E-state index is -0.312. The quantitative estimate of drug-likeness (QED) is 0.798. The third-order valence-corrected chi connectivity index (χ3v) is 3.32. The van der Waals surface area contributed by atoms with Gasteiger partial charge in [-0.25, -0.2) is 0 Å². The van der Waals surface area contributed by atoms with Crippen molar-refractivity contribution >= 4 is 0 Å². The Kier molecular flexibility index (Phi) is 2.83. The molecule has 0 atom stereocenters. The van der Waals surface area contributed by atoms with Gasteiger partial charge in [-0.2, -0.15) is 0 Å². The lowest BCUT2D eigenvalue weighted by atomic mass is 9.98. The summed E-state index contributed by atoms with van der Waals surface area (Å²) in [4.78, 5) is 0. The fourth-order valence-electron chi connectivity index (χ4n) is 1.88. The van der Waals surface area contributed by atoms with Crippen molar-refractivity contribution in [3.05, 3.63) is 35.4 Å². The molecule has 0 heterocycles. The molecule has 0 spiro atoms. The van der Waals surface area contributed by atoms with Crippen molar-refractivity contribution in [3.8, 4) is 0 Å². The van der Waals surface area contributed by atoms with Crippen molar-refractivity contribution in [3.63, 3.8) is 0 Å². The minimum absolute atomic E-state index is 0.312. The average Bonchev–Trinajstić information content (AvgIpc) is 2.95. The second-order valence-corrected chi connectivity index (χ2v) is 5.12. The van der Waals surface area contributed by atoms with E-state index < -0.39 is 0 Å². The van der Waals surface area contributed by atoms with Gasteiger partial charge in [0.25, 0.3) is 0 Å². The fraction of sp³-hybridized carbons (Fsp3) is 0.571. The van der Waals surface area contributed by atoms with Gasteiger partial charge in [-0.05, 0) is 42.7 Å². The first-order valence-corrected chi connectivity index (χ1v) is 5.90. The standard InChI is InChI=1S/C14H20O/c1-11(2)13-5-3-4-12(10-13)6-7-14(15)8-9-14/h3-5,10-11,15H,6-9H2,1-2H3. The van der Waals surface area contributed by atoms with Crippen molar-refractivity contribution in [1.29, 1.82) is 0 Å². The maximum atomic E-state index is 9.77. The topological polar surface area (TPSA) is 20.2 Å². The summed E-state index contributed by atoms with van der Waals surface area (Å²) in [6, 6.07) is 8.75. The third kappa shape index (κ3) is 2.82. The van der Waals surface area contributed by atoms with Crippen LogP contribution in [0.3, 0.4) is 0 Å². The van der Waals surface area contributed by atoms with Crippen LogP contribution in [0.25, 0.3) is 0 Å². The molecule has 1 aliphatic carbocycles. The smallest absolute Gasteiger partial charge is 0.0653 e. The zero-order valence-electron chi connectivity index (χ0n) is 9.66. The molecule has 1 saturated carbocycles. The van der Waals surface area contributed by atoms with Gasteiger partial charge in [-0.3, -0.25) is 0 Å². The molecule has 0 aliphatic heterocycles. The van der Waals surface area contributed by atoms with E-state index in [-0.39, 0.29) is 5.60 Å². The number of aliphatic hydroxyl groups is 1. The Labute approximate surface area is 92.1 Å². The molecule has 82 valence electrons. The monoisotopic (exact) mass is 204 g/mol.